The van der Waals surface area contributed by atoms with Gasteiger partial charge in [-0.25, -0.2) is 5.43 Å². The highest BCUT2D eigenvalue weighted by atomic mass is 35.5. The van der Waals surface area contributed by atoms with Crippen molar-refractivity contribution in [1.82, 2.24) is 20.2 Å². The van der Waals surface area contributed by atoms with Gasteiger partial charge < -0.3 is 9.47 Å². The van der Waals surface area contributed by atoms with Gasteiger partial charge in [-0.1, -0.05) is 35.5 Å². The molecule has 10 heteroatoms. The number of benzene rings is 3. The van der Waals surface area contributed by atoms with Gasteiger partial charge >= 0.3 is 0 Å². The van der Waals surface area contributed by atoms with E-state index in [0.29, 0.717) is 28.3 Å². The van der Waals surface area contributed by atoms with Crippen molar-refractivity contribution in [2.75, 3.05) is 19.5 Å². The average molecular weight is 536 g/mol. The summed E-state index contributed by atoms with van der Waals surface area (Å²) in [6.07, 6.45) is 0. The molecule has 1 amide bonds. The third kappa shape index (κ3) is 6.69. The fourth-order valence-corrected chi connectivity index (χ4v) is 4.33. The third-order valence-electron chi connectivity index (χ3n) is 5.31. The number of halogens is 1. The maximum absolute atomic E-state index is 12.6. The van der Waals surface area contributed by atoms with E-state index in [2.05, 4.69) is 20.7 Å². The summed E-state index contributed by atoms with van der Waals surface area (Å²) < 4.78 is 12.7. The predicted octanol–water partition coefficient (Wildman–Crippen LogP) is 5.63. The first-order valence-electron chi connectivity index (χ1n) is 11.5. The van der Waals surface area contributed by atoms with Gasteiger partial charge in [-0.05, 0) is 74.5 Å². The zero-order valence-corrected chi connectivity index (χ0v) is 22.2. The van der Waals surface area contributed by atoms with Crippen LogP contribution in [0.5, 0.6) is 11.5 Å². The maximum atomic E-state index is 12.6. The van der Waals surface area contributed by atoms with Crippen molar-refractivity contribution in [1.29, 1.82) is 0 Å². The molecule has 1 heterocycles. The number of hydrogen-bond acceptors (Lipinski definition) is 7. The molecule has 37 heavy (non-hydrogen) atoms. The zero-order valence-electron chi connectivity index (χ0n) is 20.6. The Kier molecular flexibility index (Phi) is 8.81. The topological polar surface area (TPSA) is 90.6 Å². The number of carbonyl (C=O) groups is 1. The Morgan fingerprint density at radius 1 is 1.05 bits per heavy atom. The molecular formula is C27H26ClN5O3S. The van der Waals surface area contributed by atoms with Crippen LogP contribution in [0.2, 0.25) is 5.02 Å². The Balaban J connectivity index is 1.53. The molecule has 0 radical (unpaired) electrons. The summed E-state index contributed by atoms with van der Waals surface area (Å²) in [4.78, 5) is 12.6. The molecule has 1 aromatic heterocycles. The monoisotopic (exact) mass is 535 g/mol. The summed E-state index contributed by atoms with van der Waals surface area (Å²) in [6, 6.07) is 22.5. The first kappa shape index (κ1) is 26.2. The highest BCUT2D eigenvalue weighted by Crippen LogP contribution is 2.29. The van der Waals surface area contributed by atoms with Crippen molar-refractivity contribution in [3.05, 3.63) is 83.4 Å². The minimum absolute atomic E-state index is 0.102. The molecule has 1 N–H and O–H groups in total. The van der Waals surface area contributed by atoms with E-state index in [9.17, 15) is 4.79 Å². The number of aromatic nitrogens is 3. The predicted molar refractivity (Wildman–Crippen MR) is 147 cm³/mol. The molecule has 0 atom stereocenters. The molecule has 0 spiro atoms. The lowest BCUT2D eigenvalue weighted by Gasteiger charge is -2.11. The zero-order chi connectivity index (χ0) is 26.2. The van der Waals surface area contributed by atoms with E-state index >= 15 is 0 Å². The second-order valence-electron chi connectivity index (χ2n) is 7.83. The van der Waals surface area contributed by atoms with Gasteiger partial charge in [0.2, 0.25) is 0 Å². The van der Waals surface area contributed by atoms with E-state index in [1.807, 2.05) is 79.1 Å². The van der Waals surface area contributed by atoms with Crippen LogP contribution >= 0.6 is 23.4 Å². The van der Waals surface area contributed by atoms with E-state index in [0.717, 1.165) is 28.3 Å². The number of thioether (sulfide) groups is 1. The van der Waals surface area contributed by atoms with Gasteiger partial charge in [-0.15, -0.1) is 10.2 Å². The fourth-order valence-electron chi connectivity index (χ4n) is 3.46. The lowest BCUT2D eigenvalue weighted by molar-refractivity contribution is -0.118. The second-order valence-corrected chi connectivity index (χ2v) is 9.21. The molecule has 0 saturated carbocycles. The number of nitrogens with one attached hydrogen (secondary N) is 1. The second kappa shape index (κ2) is 12.4. The minimum atomic E-state index is -0.262. The summed E-state index contributed by atoms with van der Waals surface area (Å²) >= 11 is 7.34. The Hall–Kier alpha value is -3.82. The highest BCUT2D eigenvalue weighted by molar-refractivity contribution is 7.99. The Labute approximate surface area is 224 Å². The van der Waals surface area contributed by atoms with Crippen LogP contribution in [0.25, 0.3) is 17.1 Å². The molecule has 4 rings (SSSR count). The highest BCUT2D eigenvalue weighted by Gasteiger charge is 2.17. The van der Waals surface area contributed by atoms with Crippen molar-refractivity contribution in [3.63, 3.8) is 0 Å². The first-order chi connectivity index (χ1) is 18.0. The Morgan fingerprint density at radius 2 is 1.81 bits per heavy atom. The van der Waals surface area contributed by atoms with E-state index in [4.69, 9.17) is 21.1 Å². The fraction of sp³-hybridized carbons (Fsp3) is 0.185. The minimum Gasteiger partial charge on any atom is -0.497 e. The van der Waals surface area contributed by atoms with Gasteiger partial charge in [0.25, 0.3) is 5.91 Å². The largest absolute Gasteiger partial charge is 0.497 e. The lowest BCUT2D eigenvalue weighted by atomic mass is 10.1. The van der Waals surface area contributed by atoms with Crippen LogP contribution in [0.15, 0.2) is 83.1 Å². The number of ether oxygens (including phenoxy) is 2. The van der Waals surface area contributed by atoms with Gasteiger partial charge in [0.05, 0.1) is 25.2 Å². The molecule has 0 aliphatic rings. The number of hydrogen-bond donors (Lipinski definition) is 1. The van der Waals surface area contributed by atoms with E-state index in [1.54, 1.807) is 19.2 Å². The molecule has 0 bridgehead atoms. The summed E-state index contributed by atoms with van der Waals surface area (Å²) in [6.45, 7) is 4.34. The SMILES string of the molecule is CCOc1ccc(-n2c(SCC(=O)NN=C(C)c3cccc(OC)c3)nnc2-c2ccc(Cl)cc2)cc1. The third-order valence-corrected chi connectivity index (χ3v) is 6.49. The first-order valence-corrected chi connectivity index (χ1v) is 12.9. The lowest BCUT2D eigenvalue weighted by Crippen LogP contribution is -2.21. The quantitative estimate of drug-likeness (QED) is 0.161. The normalized spacial score (nSPS) is 11.3. The number of carbonyl (C=O) groups excluding carboxylic acids is 1. The number of amides is 1. The van der Waals surface area contributed by atoms with Crippen molar-refractivity contribution < 1.29 is 14.3 Å². The van der Waals surface area contributed by atoms with E-state index in [-0.39, 0.29) is 11.7 Å². The summed E-state index contributed by atoms with van der Waals surface area (Å²) in [5.74, 6) is 1.96. The summed E-state index contributed by atoms with van der Waals surface area (Å²) in [7, 11) is 1.61. The molecule has 0 fully saturated rings. The number of hydrazone groups is 1. The summed E-state index contributed by atoms with van der Waals surface area (Å²) in [5.41, 5.74) is 5.82. The molecule has 4 aromatic rings. The molecule has 0 aliphatic carbocycles. The molecule has 8 nitrogen and oxygen atoms in total. The van der Waals surface area contributed by atoms with Crippen LogP contribution in [-0.2, 0) is 4.79 Å². The molecule has 3 aromatic carbocycles. The number of nitrogens with zero attached hydrogens (tertiary/aromatic N) is 4. The van der Waals surface area contributed by atoms with Crippen molar-refractivity contribution in [3.8, 4) is 28.6 Å². The van der Waals surface area contributed by atoms with Crippen LogP contribution in [0.4, 0.5) is 0 Å². The maximum Gasteiger partial charge on any atom is 0.250 e. The van der Waals surface area contributed by atoms with Gasteiger partial charge in [0.15, 0.2) is 11.0 Å². The van der Waals surface area contributed by atoms with E-state index in [1.165, 1.54) is 11.8 Å². The van der Waals surface area contributed by atoms with Gasteiger partial charge in [0, 0.05) is 21.8 Å². The number of methoxy groups -OCH3 is 1. The van der Waals surface area contributed by atoms with Gasteiger partial charge in [-0.2, -0.15) is 5.10 Å². The number of rotatable bonds is 10. The van der Waals surface area contributed by atoms with Crippen molar-refractivity contribution in [2.24, 2.45) is 5.10 Å². The van der Waals surface area contributed by atoms with Crippen LogP contribution in [-0.4, -0.2) is 45.9 Å². The van der Waals surface area contributed by atoms with Crippen LogP contribution < -0.4 is 14.9 Å². The standard InChI is InChI=1S/C27H26ClN5O3S/c1-4-36-23-14-12-22(13-15-23)33-26(19-8-10-21(28)11-9-19)31-32-27(33)37-17-25(34)30-29-18(2)20-6-5-7-24(16-20)35-3/h5-16H,4,17H2,1-3H3,(H,30,34). The van der Waals surface area contributed by atoms with Crippen molar-refractivity contribution >= 4 is 35.0 Å². The van der Waals surface area contributed by atoms with Crippen LogP contribution in [0.3, 0.4) is 0 Å². The Morgan fingerprint density at radius 3 is 2.51 bits per heavy atom. The van der Waals surface area contributed by atoms with Gasteiger partial charge in [0.1, 0.15) is 11.5 Å². The van der Waals surface area contributed by atoms with Crippen LogP contribution in [0, 0.1) is 0 Å². The molecule has 0 unspecified atom stereocenters. The molecule has 0 aliphatic heterocycles. The van der Waals surface area contributed by atoms with Gasteiger partial charge in [-0.3, -0.25) is 9.36 Å². The molecular weight excluding hydrogens is 510 g/mol. The molecule has 190 valence electrons. The van der Waals surface area contributed by atoms with E-state index < -0.39 is 0 Å². The Bertz CT molecular complexity index is 1390. The average Bonchev–Trinajstić information content (AvgIpc) is 3.35. The van der Waals surface area contributed by atoms with Crippen LogP contribution in [0.1, 0.15) is 19.4 Å². The van der Waals surface area contributed by atoms with Crippen molar-refractivity contribution in [2.45, 2.75) is 19.0 Å². The summed E-state index contributed by atoms with van der Waals surface area (Å²) in [5, 5.41) is 14.2. The molecule has 0 saturated heterocycles. The smallest absolute Gasteiger partial charge is 0.250 e.